The van der Waals surface area contributed by atoms with E-state index in [-0.39, 0.29) is 10.8 Å². The van der Waals surface area contributed by atoms with Gasteiger partial charge in [-0.2, -0.15) is 5.10 Å². The second-order valence-corrected chi connectivity index (χ2v) is 14.9. The van der Waals surface area contributed by atoms with Gasteiger partial charge in [-0.15, -0.1) is 0 Å². The number of benzene rings is 4. The smallest absolute Gasteiger partial charge is 0.137 e. The minimum atomic E-state index is -0.105. The van der Waals surface area contributed by atoms with E-state index in [1.807, 2.05) is 29.1 Å². The van der Waals surface area contributed by atoms with Crippen molar-refractivity contribution in [3.05, 3.63) is 126 Å². The van der Waals surface area contributed by atoms with E-state index in [0.717, 1.165) is 73.1 Å². The summed E-state index contributed by atoms with van der Waals surface area (Å²) in [5.41, 5.74) is 9.70. The minimum Gasteiger partial charge on any atom is -0.497 e. The molecule has 7 rings (SSSR count). The van der Waals surface area contributed by atoms with Crippen LogP contribution in [0.15, 0.2) is 103 Å². The lowest BCUT2D eigenvalue weighted by Gasteiger charge is -2.22. The number of hydrogen-bond donors (Lipinski definition) is 0. The Kier molecular flexibility index (Phi) is 7.86. The van der Waals surface area contributed by atoms with Crippen molar-refractivity contribution in [2.45, 2.75) is 66.2 Å². The van der Waals surface area contributed by atoms with Gasteiger partial charge in [0.05, 0.1) is 29.5 Å². The molecule has 0 amide bonds. The normalized spacial score (nSPS) is 12.2. The number of methoxy groups -OCH3 is 1. The fourth-order valence-corrected chi connectivity index (χ4v) is 6.67. The van der Waals surface area contributed by atoms with Gasteiger partial charge < -0.3 is 9.47 Å². The first-order chi connectivity index (χ1) is 23.3. The molecular formula is C43H44N4O2. The van der Waals surface area contributed by atoms with Crippen LogP contribution < -0.4 is 9.47 Å². The fourth-order valence-electron chi connectivity index (χ4n) is 6.67. The molecule has 0 aliphatic rings. The molecule has 248 valence electrons. The number of ether oxygens (including phenoxy) is 2. The van der Waals surface area contributed by atoms with Crippen molar-refractivity contribution in [2.75, 3.05) is 7.11 Å². The molecule has 3 heterocycles. The van der Waals surface area contributed by atoms with E-state index in [4.69, 9.17) is 19.6 Å². The molecule has 6 nitrogen and oxygen atoms in total. The van der Waals surface area contributed by atoms with E-state index in [0.29, 0.717) is 0 Å². The van der Waals surface area contributed by atoms with Crippen molar-refractivity contribution in [2.24, 2.45) is 0 Å². The fraction of sp³-hybridized carbons (Fsp3) is 0.256. The summed E-state index contributed by atoms with van der Waals surface area (Å²) in [7, 11) is 1.70. The van der Waals surface area contributed by atoms with Gasteiger partial charge in [-0.3, -0.25) is 4.57 Å². The second-order valence-electron chi connectivity index (χ2n) is 14.9. The van der Waals surface area contributed by atoms with Crippen LogP contribution in [0.5, 0.6) is 17.2 Å². The molecule has 0 spiro atoms. The second kappa shape index (κ2) is 12.0. The van der Waals surface area contributed by atoms with Gasteiger partial charge >= 0.3 is 0 Å². The molecule has 0 unspecified atom stereocenters. The first-order valence-electron chi connectivity index (χ1n) is 16.9. The van der Waals surface area contributed by atoms with Crippen molar-refractivity contribution < 1.29 is 9.47 Å². The number of hydrogen-bond acceptors (Lipinski definition) is 4. The van der Waals surface area contributed by atoms with Gasteiger partial charge in [-0.25, -0.2) is 9.67 Å². The van der Waals surface area contributed by atoms with Gasteiger partial charge in [0.15, 0.2) is 0 Å². The third kappa shape index (κ3) is 5.97. The Labute approximate surface area is 289 Å². The lowest BCUT2D eigenvalue weighted by molar-refractivity contribution is 0.415. The van der Waals surface area contributed by atoms with Gasteiger partial charge in [-0.1, -0.05) is 71.9 Å². The molecule has 0 saturated heterocycles. The summed E-state index contributed by atoms with van der Waals surface area (Å²) >= 11 is 0. The van der Waals surface area contributed by atoms with Crippen LogP contribution in [0, 0.1) is 13.8 Å². The Balaban J connectivity index is 1.37. The van der Waals surface area contributed by atoms with Crippen LogP contribution in [0.2, 0.25) is 0 Å². The van der Waals surface area contributed by atoms with E-state index in [1.165, 1.54) is 11.1 Å². The average molecular weight is 649 g/mol. The molecule has 0 radical (unpaired) electrons. The number of nitrogens with zero attached hydrogens (tertiary/aromatic N) is 4. The highest BCUT2D eigenvalue weighted by Crippen LogP contribution is 2.39. The van der Waals surface area contributed by atoms with Crippen molar-refractivity contribution >= 4 is 21.8 Å². The molecule has 0 bridgehead atoms. The molecule has 0 aliphatic heterocycles. The minimum absolute atomic E-state index is 0.0168. The van der Waals surface area contributed by atoms with Crippen LogP contribution in [0.3, 0.4) is 0 Å². The third-order valence-electron chi connectivity index (χ3n) is 9.38. The average Bonchev–Trinajstić information content (AvgIpc) is 3.56. The topological polar surface area (TPSA) is 54.1 Å². The van der Waals surface area contributed by atoms with Crippen molar-refractivity contribution in [1.29, 1.82) is 0 Å². The van der Waals surface area contributed by atoms with E-state index < -0.39 is 0 Å². The zero-order valence-electron chi connectivity index (χ0n) is 29.9. The number of aromatic nitrogens is 4. The van der Waals surface area contributed by atoms with E-state index in [9.17, 15) is 0 Å². The maximum absolute atomic E-state index is 6.76. The molecule has 0 saturated carbocycles. The Bertz CT molecular complexity index is 2330. The summed E-state index contributed by atoms with van der Waals surface area (Å²) in [5, 5.41) is 7.22. The van der Waals surface area contributed by atoms with Crippen molar-refractivity contribution in [1.82, 2.24) is 19.3 Å². The molecule has 4 aromatic carbocycles. The number of aryl methyl sites for hydroxylation is 1. The maximum atomic E-state index is 6.76. The van der Waals surface area contributed by atoms with E-state index >= 15 is 0 Å². The summed E-state index contributed by atoms with van der Waals surface area (Å²) in [4.78, 5) is 4.86. The van der Waals surface area contributed by atoms with Crippen molar-refractivity contribution in [3.63, 3.8) is 0 Å². The predicted molar refractivity (Wildman–Crippen MR) is 201 cm³/mol. The van der Waals surface area contributed by atoms with Crippen LogP contribution in [0.1, 0.15) is 64.1 Å². The first-order valence-corrected chi connectivity index (χ1v) is 16.9. The van der Waals surface area contributed by atoms with Gasteiger partial charge in [0.1, 0.15) is 23.1 Å². The highest BCUT2D eigenvalue weighted by atomic mass is 16.5. The third-order valence-corrected chi connectivity index (χ3v) is 9.38. The Morgan fingerprint density at radius 3 is 2.08 bits per heavy atom. The molecule has 0 N–H and O–H groups in total. The Morgan fingerprint density at radius 1 is 0.633 bits per heavy atom. The van der Waals surface area contributed by atoms with Crippen LogP contribution in [-0.4, -0.2) is 26.4 Å². The summed E-state index contributed by atoms with van der Waals surface area (Å²) in [6.07, 6.45) is 1.90. The zero-order valence-corrected chi connectivity index (χ0v) is 29.9. The largest absolute Gasteiger partial charge is 0.497 e. The van der Waals surface area contributed by atoms with Gasteiger partial charge in [0.2, 0.25) is 0 Å². The summed E-state index contributed by atoms with van der Waals surface area (Å²) < 4.78 is 16.7. The molecule has 6 heteroatoms. The summed E-state index contributed by atoms with van der Waals surface area (Å²) in [6.45, 7) is 17.6. The number of fused-ring (bicyclic) bond motifs is 3. The standard InChI is InChI=1S/C43H44N4O2/c1-27-41(29-13-11-10-12-14-29)28(2)47(45-27)32-21-31(43(6,7)8)22-35(24-32)49-34-15-17-36-37-25-33(48-9)16-18-38(37)46(39(36)26-34)40-23-30(19-20-44-40)42(3,4)5/h10-26H,1-9H3. The van der Waals surface area contributed by atoms with E-state index in [2.05, 4.69) is 139 Å². The molecule has 3 aromatic heterocycles. The van der Waals surface area contributed by atoms with Crippen LogP contribution >= 0.6 is 0 Å². The monoisotopic (exact) mass is 648 g/mol. The Morgan fingerprint density at radius 2 is 1.37 bits per heavy atom. The van der Waals surface area contributed by atoms with Crippen LogP contribution in [0.4, 0.5) is 0 Å². The predicted octanol–water partition coefficient (Wildman–Crippen LogP) is 11.0. The quantitative estimate of drug-likeness (QED) is 0.180. The SMILES string of the molecule is COc1ccc2c(c1)c1ccc(Oc3cc(-n4nc(C)c(-c5ccccc5)c4C)cc(C(C)(C)C)c3)cc1n2-c1cc(C(C)(C)C)ccn1. The van der Waals surface area contributed by atoms with Crippen LogP contribution in [0.25, 0.3) is 44.4 Å². The molecule has 49 heavy (non-hydrogen) atoms. The van der Waals surface area contributed by atoms with Crippen LogP contribution in [-0.2, 0) is 10.8 Å². The van der Waals surface area contributed by atoms with Gasteiger partial charge in [0, 0.05) is 40.4 Å². The van der Waals surface area contributed by atoms with Crippen molar-refractivity contribution in [3.8, 4) is 39.9 Å². The molecule has 7 aromatic rings. The van der Waals surface area contributed by atoms with Gasteiger partial charge in [-0.05, 0) is 96.0 Å². The number of rotatable bonds is 6. The molecular weight excluding hydrogens is 604 g/mol. The first kappa shape index (κ1) is 32.2. The molecule has 0 fully saturated rings. The van der Waals surface area contributed by atoms with Gasteiger partial charge in [0.25, 0.3) is 0 Å². The maximum Gasteiger partial charge on any atom is 0.137 e. The van der Waals surface area contributed by atoms with E-state index in [1.54, 1.807) is 7.11 Å². The highest BCUT2D eigenvalue weighted by molar-refractivity contribution is 6.10. The molecule has 0 aliphatic carbocycles. The molecule has 0 atom stereocenters. The highest BCUT2D eigenvalue weighted by Gasteiger charge is 2.22. The summed E-state index contributed by atoms with van der Waals surface area (Å²) in [5.74, 6) is 3.18. The Hall–Kier alpha value is -5.36. The summed E-state index contributed by atoms with van der Waals surface area (Å²) in [6, 6.07) is 33.7. The lowest BCUT2D eigenvalue weighted by atomic mass is 9.86. The zero-order chi connectivity index (χ0) is 34.7. The lowest BCUT2D eigenvalue weighted by Crippen LogP contribution is -2.12. The number of pyridine rings is 1.